The van der Waals surface area contributed by atoms with Gasteiger partial charge < -0.3 is 14.2 Å². The van der Waals surface area contributed by atoms with Crippen molar-refractivity contribution in [3.63, 3.8) is 0 Å². The molecule has 0 N–H and O–H groups in total. The molecule has 0 saturated carbocycles. The Morgan fingerprint density at radius 2 is 1.91 bits per heavy atom. The summed E-state index contributed by atoms with van der Waals surface area (Å²) in [5.41, 5.74) is 1.45. The van der Waals surface area contributed by atoms with Crippen molar-refractivity contribution < 1.29 is 19.0 Å². The number of carbonyl (C=O) groups excluding carboxylic acids is 1. The quantitative estimate of drug-likeness (QED) is 0.792. The van der Waals surface area contributed by atoms with Gasteiger partial charge in [0.2, 0.25) is 0 Å². The van der Waals surface area contributed by atoms with Crippen LogP contribution in [0.1, 0.15) is 22.3 Å². The Morgan fingerprint density at radius 1 is 1.13 bits per heavy atom. The molecule has 1 heterocycles. The summed E-state index contributed by atoms with van der Waals surface area (Å²) in [5.74, 6) is 1.78. The van der Waals surface area contributed by atoms with Crippen molar-refractivity contribution >= 4 is 17.4 Å². The van der Waals surface area contributed by atoms with E-state index in [0.29, 0.717) is 41.0 Å². The van der Waals surface area contributed by atoms with Crippen molar-refractivity contribution in [2.45, 2.75) is 13.3 Å². The number of rotatable bonds is 4. The summed E-state index contributed by atoms with van der Waals surface area (Å²) in [6.07, 6.45) is 0.830. The number of ether oxygens (including phenoxy) is 3. The minimum Gasteiger partial charge on any atom is -0.490 e. The molecule has 0 bridgehead atoms. The van der Waals surface area contributed by atoms with Crippen molar-refractivity contribution in [1.82, 2.24) is 0 Å². The molecule has 0 amide bonds. The molecular weight excluding hydrogens is 316 g/mol. The van der Waals surface area contributed by atoms with E-state index in [1.807, 2.05) is 13.0 Å². The van der Waals surface area contributed by atoms with Gasteiger partial charge in [-0.15, -0.1) is 0 Å². The van der Waals surface area contributed by atoms with E-state index in [0.717, 1.165) is 12.0 Å². The molecule has 4 nitrogen and oxygen atoms in total. The third kappa shape index (κ3) is 3.77. The van der Waals surface area contributed by atoms with E-state index in [9.17, 15) is 4.79 Å². The van der Waals surface area contributed by atoms with Crippen LogP contribution in [0.3, 0.4) is 0 Å². The summed E-state index contributed by atoms with van der Waals surface area (Å²) < 4.78 is 16.7. The number of fused-ring (bicyclic) bond motifs is 1. The lowest BCUT2D eigenvalue weighted by Gasteiger charge is -2.10. The van der Waals surface area contributed by atoms with E-state index in [1.165, 1.54) is 0 Å². The van der Waals surface area contributed by atoms with Gasteiger partial charge in [-0.05, 0) is 48.9 Å². The van der Waals surface area contributed by atoms with Crippen LogP contribution in [0.4, 0.5) is 0 Å². The van der Waals surface area contributed by atoms with Gasteiger partial charge in [-0.2, -0.15) is 0 Å². The minimum atomic E-state index is -0.117. The van der Waals surface area contributed by atoms with E-state index >= 15 is 0 Å². The van der Waals surface area contributed by atoms with Crippen LogP contribution >= 0.6 is 11.6 Å². The molecule has 3 rings (SSSR count). The molecule has 1 aliphatic heterocycles. The van der Waals surface area contributed by atoms with Crippen LogP contribution in [0.2, 0.25) is 5.02 Å². The van der Waals surface area contributed by atoms with Crippen molar-refractivity contribution in [3.8, 4) is 17.2 Å². The SMILES string of the molecule is Cc1cc(OCC(=O)c2ccc3c(c2)OCCCO3)ccc1Cl. The Hall–Kier alpha value is -2.20. The average molecular weight is 333 g/mol. The molecule has 0 saturated heterocycles. The van der Waals surface area contributed by atoms with E-state index in [2.05, 4.69) is 0 Å². The highest BCUT2D eigenvalue weighted by Crippen LogP contribution is 2.30. The molecule has 0 unspecified atom stereocenters. The molecule has 0 aliphatic carbocycles. The highest BCUT2D eigenvalue weighted by molar-refractivity contribution is 6.31. The van der Waals surface area contributed by atoms with Crippen LogP contribution in [0.25, 0.3) is 0 Å². The van der Waals surface area contributed by atoms with E-state index in [4.69, 9.17) is 25.8 Å². The standard InChI is InChI=1S/C18H17ClO4/c1-12-9-14(4-5-15(12)19)23-11-16(20)13-3-6-17-18(10-13)22-8-2-7-21-17/h3-6,9-10H,2,7-8,11H2,1H3. The second kappa shape index (κ2) is 6.92. The minimum absolute atomic E-state index is 0.0410. The molecule has 120 valence electrons. The summed E-state index contributed by atoms with van der Waals surface area (Å²) in [6.45, 7) is 3.06. The second-order valence-electron chi connectivity index (χ2n) is 5.33. The van der Waals surface area contributed by atoms with Crippen molar-refractivity contribution in [2.24, 2.45) is 0 Å². The molecule has 2 aromatic carbocycles. The fraction of sp³-hybridized carbons (Fsp3) is 0.278. The average Bonchev–Trinajstić information content (AvgIpc) is 2.80. The van der Waals surface area contributed by atoms with Gasteiger partial charge in [0.1, 0.15) is 5.75 Å². The number of aryl methyl sites for hydroxylation is 1. The summed E-state index contributed by atoms with van der Waals surface area (Å²) in [5, 5.41) is 0.673. The van der Waals surface area contributed by atoms with Gasteiger partial charge in [0.15, 0.2) is 23.9 Å². The molecule has 0 fully saturated rings. The van der Waals surface area contributed by atoms with E-state index < -0.39 is 0 Å². The highest BCUT2D eigenvalue weighted by Gasteiger charge is 2.14. The lowest BCUT2D eigenvalue weighted by atomic mass is 10.1. The lowest BCUT2D eigenvalue weighted by Crippen LogP contribution is -2.12. The normalized spacial score (nSPS) is 13.3. The number of halogens is 1. The molecular formula is C18H17ClO4. The lowest BCUT2D eigenvalue weighted by molar-refractivity contribution is 0.0921. The maximum Gasteiger partial charge on any atom is 0.200 e. The number of ketones is 1. The summed E-state index contributed by atoms with van der Waals surface area (Å²) >= 11 is 5.97. The third-order valence-electron chi connectivity index (χ3n) is 3.57. The van der Waals surface area contributed by atoms with E-state index in [1.54, 1.807) is 30.3 Å². The van der Waals surface area contributed by atoms with Crippen LogP contribution < -0.4 is 14.2 Å². The molecule has 2 aromatic rings. The van der Waals surface area contributed by atoms with Gasteiger partial charge in [-0.1, -0.05) is 11.6 Å². The predicted octanol–water partition coefficient (Wildman–Crippen LogP) is 4.07. The zero-order chi connectivity index (χ0) is 16.2. The van der Waals surface area contributed by atoms with Crippen molar-refractivity contribution in [2.75, 3.05) is 19.8 Å². The van der Waals surface area contributed by atoms with Crippen LogP contribution in [0.5, 0.6) is 17.2 Å². The number of Topliss-reactive ketones (excluding diaryl/α,β-unsaturated/α-hetero) is 1. The van der Waals surface area contributed by atoms with Gasteiger partial charge in [-0.25, -0.2) is 0 Å². The monoisotopic (exact) mass is 332 g/mol. The Balaban J connectivity index is 1.68. The maximum absolute atomic E-state index is 12.3. The molecule has 0 radical (unpaired) electrons. The molecule has 23 heavy (non-hydrogen) atoms. The fourth-order valence-corrected chi connectivity index (χ4v) is 2.39. The molecule has 5 heteroatoms. The number of hydrogen-bond acceptors (Lipinski definition) is 4. The maximum atomic E-state index is 12.3. The van der Waals surface area contributed by atoms with Gasteiger partial charge in [-0.3, -0.25) is 4.79 Å². The molecule has 0 aromatic heterocycles. The number of hydrogen-bond donors (Lipinski definition) is 0. The molecule has 0 atom stereocenters. The topological polar surface area (TPSA) is 44.8 Å². The Bertz CT molecular complexity index is 727. The van der Waals surface area contributed by atoms with Crippen LogP contribution in [-0.4, -0.2) is 25.6 Å². The Morgan fingerprint density at radius 3 is 2.70 bits per heavy atom. The largest absolute Gasteiger partial charge is 0.490 e. The Kier molecular flexibility index (Phi) is 4.72. The first-order valence-electron chi connectivity index (χ1n) is 7.45. The number of benzene rings is 2. The second-order valence-corrected chi connectivity index (χ2v) is 5.74. The summed E-state index contributed by atoms with van der Waals surface area (Å²) in [6, 6.07) is 10.5. The first-order chi connectivity index (χ1) is 11.1. The van der Waals surface area contributed by atoms with Crippen molar-refractivity contribution in [3.05, 3.63) is 52.5 Å². The third-order valence-corrected chi connectivity index (χ3v) is 3.99. The molecule has 1 aliphatic rings. The predicted molar refractivity (Wildman–Crippen MR) is 88.1 cm³/mol. The number of carbonyl (C=O) groups is 1. The summed E-state index contributed by atoms with van der Waals surface area (Å²) in [4.78, 5) is 12.3. The smallest absolute Gasteiger partial charge is 0.200 e. The van der Waals surface area contributed by atoms with Crippen molar-refractivity contribution in [1.29, 1.82) is 0 Å². The zero-order valence-corrected chi connectivity index (χ0v) is 13.6. The van der Waals surface area contributed by atoms with E-state index in [-0.39, 0.29) is 12.4 Å². The first kappa shape index (κ1) is 15.7. The highest BCUT2D eigenvalue weighted by atomic mass is 35.5. The van der Waals surface area contributed by atoms with Crippen LogP contribution in [-0.2, 0) is 0 Å². The van der Waals surface area contributed by atoms with Gasteiger partial charge in [0.05, 0.1) is 13.2 Å². The van der Waals surface area contributed by atoms with Gasteiger partial charge in [0.25, 0.3) is 0 Å². The Labute approximate surface area is 139 Å². The first-order valence-corrected chi connectivity index (χ1v) is 7.83. The van der Waals surface area contributed by atoms with Crippen LogP contribution in [0, 0.1) is 6.92 Å². The summed E-state index contributed by atoms with van der Waals surface area (Å²) in [7, 11) is 0. The fourth-order valence-electron chi connectivity index (χ4n) is 2.28. The van der Waals surface area contributed by atoms with Gasteiger partial charge in [0, 0.05) is 17.0 Å². The zero-order valence-electron chi connectivity index (χ0n) is 12.8. The molecule has 0 spiro atoms. The van der Waals surface area contributed by atoms with Crippen LogP contribution in [0.15, 0.2) is 36.4 Å². The van der Waals surface area contributed by atoms with Gasteiger partial charge >= 0.3 is 0 Å².